The second-order valence-electron chi connectivity index (χ2n) is 5.36. The Labute approximate surface area is 149 Å². The van der Waals surface area contributed by atoms with Gasteiger partial charge in [-0.15, -0.1) is 0 Å². The summed E-state index contributed by atoms with van der Waals surface area (Å²) in [4.78, 5) is 16.6. The third-order valence-electron chi connectivity index (χ3n) is 3.61. The molecule has 0 unspecified atom stereocenters. The van der Waals surface area contributed by atoms with Gasteiger partial charge in [-0.1, -0.05) is 28.9 Å². The van der Waals surface area contributed by atoms with E-state index in [-0.39, 0.29) is 5.91 Å². The van der Waals surface area contributed by atoms with Gasteiger partial charge in [-0.3, -0.25) is 4.79 Å². The van der Waals surface area contributed by atoms with Crippen molar-refractivity contribution in [3.63, 3.8) is 0 Å². The molecule has 0 radical (unpaired) electrons. The van der Waals surface area contributed by atoms with Crippen LogP contribution in [0.25, 0.3) is 11.4 Å². The molecule has 1 heterocycles. The van der Waals surface area contributed by atoms with E-state index in [1.807, 2.05) is 24.3 Å². The summed E-state index contributed by atoms with van der Waals surface area (Å²) in [6.07, 6.45) is 0. The Hall–Kier alpha value is -2.86. The molecular weight excluding hydrogens is 342 g/mol. The van der Waals surface area contributed by atoms with Crippen LogP contribution in [-0.2, 0) is 0 Å². The predicted molar refractivity (Wildman–Crippen MR) is 93.6 cm³/mol. The number of ether oxygens (including phenoxy) is 1. The zero-order valence-electron chi connectivity index (χ0n) is 13.7. The van der Waals surface area contributed by atoms with Crippen molar-refractivity contribution >= 4 is 17.5 Å². The molecule has 6 nitrogen and oxygen atoms in total. The van der Waals surface area contributed by atoms with Gasteiger partial charge in [0.25, 0.3) is 5.91 Å². The summed E-state index contributed by atoms with van der Waals surface area (Å²) in [5.41, 5.74) is 1.22. The first-order valence-electron chi connectivity index (χ1n) is 7.62. The molecule has 3 aromatic rings. The molecule has 1 amide bonds. The van der Waals surface area contributed by atoms with E-state index in [4.69, 9.17) is 20.9 Å². The summed E-state index contributed by atoms with van der Waals surface area (Å²) in [7, 11) is 1.58. The molecule has 3 rings (SSSR count). The van der Waals surface area contributed by atoms with E-state index < -0.39 is 6.04 Å². The highest BCUT2D eigenvalue weighted by Gasteiger charge is 2.19. The second kappa shape index (κ2) is 7.36. The van der Waals surface area contributed by atoms with Crippen LogP contribution in [0.15, 0.2) is 53.1 Å². The molecular formula is C18H16ClN3O3. The number of hydrogen-bond donors (Lipinski definition) is 1. The van der Waals surface area contributed by atoms with Gasteiger partial charge >= 0.3 is 0 Å². The van der Waals surface area contributed by atoms with E-state index in [2.05, 4.69) is 15.5 Å². The molecule has 0 fully saturated rings. The summed E-state index contributed by atoms with van der Waals surface area (Å²) >= 11 is 5.83. The van der Waals surface area contributed by atoms with Crippen LogP contribution in [-0.4, -0.2) is 23.2 Å². The fourth-order valence-electron chi connectivity index (χ4n) is 2.29. The topological polar surface area (TPSA) is 77.3 Å². The Bertz CT molecular complexity index is 877. The number of carbonyl (C=O) groups is 1. The molecule has 2 aromatic carbocycles. The molecule has 0 aliphatic heterocycles. The Morgan fingerprint density at radius 3 is 2.64 bits per heavy atom. The van der Waals surface area contributed by atoms with Crippen molar-refractivity contribution < 1.29 is 14.1 Å². The first-order valence-corrected chi connectivity index (χ1v) is 7.99. The first-order chi connectivity index (χ1) is 12.1. The number of rotatable bonds is 5. The normalized spacial score (nSPS) is 11.8. The van der Waals surface area contributed by atoms with Gasteiger partial charge in [0.15, 0.2) is 0 Å². The van der Waals surface area contributed by atoms with Gasteiger partial charge in [0.2, 0.25) is 11.7 Å². The van der Waals surface area contributed by atoms with Crippen LogP contribution >= 0.6 is 11.6 Å². The van der Waals surface area contributed by atoms with Crippen LogP contribution < -0.4 is 10.1 Å². The fraction of sp³-hybridized carbons (Fsp3) is 0.167. The largest absolute Gasteiger partial charge is 0.496 e. The molecule has 1 N–H and O–H groups in total. The van der Waals surface area contributed by atoms with Crippen molar-refractivity contribution in [1.29, 1.82) is 0 Å². The first kappa shape index (κ1) is 17.0. The summed E-state index contributed by atoms with van der Waals surface area (Å²) < 4.78 is 10.6. The van der Waals surface area contributed by atoms with Gasteiger partial charge in [0.1, 0.15) is 11.8 Å². The maximum absolute atomic E-state index is 12.3. The Balaban J connectivity index is 1.75. The van der Waals surface area contributed by atoms with E-state index in [0.29, 0.717) is 28.1 Å². The van der Waals surface area contributed by atoms with Gasteiger partial charge < -0.3 is 14.6 Å². The smallest absolute Gasteiger partial charge is 0.251 e. The van der Waals surface area contributed by atoms with Crippen LogP contribution in [0.4, 0.5) is 0 Å². The van der Waals surface area contributed by atoms with Crippen LogP contribution in [0.5, 0.6) is 5.75 Å². The van der Waals surface area contributed by atoms with Gasteiger partial charge in [0, 0.05) is 10.6 Å². The summed E-state index contributed by atoms with van der Waals surface area (Å²) in [6.45, 7) is 1.77. The standard InChI is InChI=1S/C18H16ClN3O3/c1-11(20-17(23)12-7-9-13(19)10-8-12)18-21-16(22-25-18)14-5-3-4-6-15(14)24-2/h3-11H,1-2H3,(H,20,23)/t11-/m0/s1. The number of halogens is 1. The molecule has 0 aliphatic rings. The quantitative estimate of drug-likeness (QED) is 0.749. The maximum atomic E-state index is 12.3. The molecule has 0 spiro atoms. The Kier molecular flexibility index (Phi) is 5.00. The van der Waals surface area contributed by atoms with Crippen molar-refractivity contribution in [3.8, 4) is 17.1 Å². The van der Waals surface area contributed by atoms with Crippen molar-refractivity contribution in [1.82, 2.24) is 15.5 Å². The lowest BCUT2D eigenvalue weighted by Gasteiger charge is -2.09. The summed E-state index contributed by atoms with van der Waals surface area (Å²) in [5.74, 6) is 1.11. The summed E-state index contributed by atoms with van der Waals surface area (Å²) in [5, 5.41) is 7.36. The van der Waals surface area contributed by atoms with Crippen molar-refractivity contribution in [2.24, 2.45) is 0 Å². The number of aromatic nitrogens is 2. The van der Waals surface area contributed by atoms with Crippen LogP contribution in [0, 0.1) is 0 Å². The second-order valence-corrected chi connectivity index (χ2v) is 5.79. The van der Waals surface area contributed by atoms with E-state index in [1.165, 1.54) is 0 Å². The van der Waals surface area contributed by atoms with E-state index in [0.717, 1.165) is 5.56 Å². The molecule has 0 aliphatic carbocycles. The zero-order valence-corrected chi connectivity index (χ0v) is 14.4. The highest BCUT2D eigenvalue weighted by atomic mass is 35.5. The van der Waals surface area contributed by atoms with Gasteiger partial charge in [-0.2, -0.15) is 4.98 Å². The lowest BCUT2D eigenvalue weighted by Crippen LogP contribution is -2.26. The highest BCUT2D eigenvalue weighted by Crippen LogP contribution is 2.28. The third kappa shape index (κ3) is 3.80. The molecule has 0 bridgehead atoms. The number of amides is 1. The minimum absolute atomic E-state index is 0.249. The number of methoxy groups -OCH3 is 1. The SMILES string of the molecule is COc1ccccc1-c1noc([C@H](C)NC(=O)c2ccc(Cl)cc2)n1. The van der Waals surface area contributed by atoms with Crippen LogP contribution in [0.2, 0.25) is 5.02 Å². The fourth-order valence-corrected chi connectivity index (χ4v) is 2.42. The zero-order chi connectivity index (χ0) is 17.8. The molecule has 25 heavy (non-hydrogen) atoms. The van der Waals surface area contributed by atoms with Crippen molar-refractivity contribution in [3.05, 3.63) is 65.0 Å². The van der Waals surface area contributed by atoms with E-state index in [1.54, 1.807) is 38.3 Å². The van der Waals surface area contributed by atoms with Gasteiger partial charge in [-0.25, -0.2) is 0 Å². The van der Waals surface area contributed by atoms with E-state index >= 15 is 0 Å². The average Bonchev–Trinajstić information content (AvgIpc) is 3.12. The van der Waals surface area contributed by atoms with Crippen LogP contribution in [0.1, 0.15) is 29.2 Å². The minimum Gasteiger partial charge on any atom is -0.496 e. The Morgan fingerprint density at radius 2 is 1.92 bits per heavy atom. The summed E-state index contributed by atoms with van der Waals surface area (Å²) in [6, 6.07) is 13.6. The van der Waals surface area contributed by atoms with Crippen molar-refractivity contribution in [2.75, 3.05) is 7.11 Å². The number of nitrogens with one attached hydrogen (secondary N) is 1. The number of hydrogen-bond acceptors (Lipinski definition) is 5. The molecule has 1 atom stereocenters. The van der Waals surface area contributed by atoms with Gasteiger partial charge in [0.05, 0.1) is 12.7 Å². The lowest BCUT2D eigenvalue weighted by molar-refractivity contribution is 0.0932. The number of nitrogens with zero attached hydrogens (tertiary/aromatic N) is 2. The third-order valence-corrected chi connectivity index (χ3v) is 3.87. The highest BCUT2D eigenvalue weighted by molar-refractivity contribution is 6.30. The monoisotopic (exact) mass is 357 g/mol. The average molecular weight is 358 g/mol. The molecule has 7 heteroatoms. The molecule has 0 saturated heterocycles. The Morgan fingerprint density at radius 1 is 1.20 bits per heavy atom. The molecule has 128 valence electrons. The van der Waals surface area contributed by atoms with Crippen LogP contribution in [0.3, 0.4) is 0 Å². The molecule has 1 aromatic heterocycles. The maximum Gasteiger partial charge on any atom is 0.251 e. The molecule has 0 saturated carbocycles. The van der Waals surface area contributed by atoms with Crippen molar-refractivity contribution in [2.45, 2.75) is 13.0 Å². The predicted octanol–water partition coefficient (Wildman–Crippen LogP) is 3.89. The minimum atomic E-state index is -0.445. The number of benzene rings is 2. The lowest BCUT2D eigenvalue weighted by atomic mass is 10.2. The number of carbonyl (C=O) groups excluding carboxylic acids is 1. The van der Waals surface area contributed by atoms with E-state index in [9.17, 15) is 4.79 Å². The number of para-hydroxylation sites is 1. The van der Waals surface area contributed by atoms with Gasteiger partial charge in [-0.05, 0) is 43.3 Å².